The summed E-state index contributed by atoms with van der Waals surface area (Å²) in [6.45, 7) is 8.05. The molecule has 1 atom stereocenters. The molecule has 0 nitrogen and oxygen atoms in total. The summed E-state index contributed by atoms with van der Waals surface area (Å²) in [7, 11) is 0. The van der Waals surface area contributed by atoms with E-state index in [1.165, 1.54) is 12.8 Å². The fourth-order valence-electron chi connectivity index (χ4n) is 0.950. The van der Waals surface area contributed by atoms with E-state index in [0.717, 1.165) is 12.3 Å². The molecule has 0 aromatic heterocycles. The summed E-state index contributed by atoms with van der Waals surface area (Å²) in [5.74, 6) is 0.800. The standard InChI is InChI=1S/C10H18/c1-4-6-7-9-10(3)8-5-2/h4-6,10H,2,7-9H2,1,3H3/b6-4+. The Kier molecular flexibility index (Phi) is 6.25. The lowest BCUT2D eigenvalue weighted by molar-refractivity contribution is 0.547. The van der Waals surface area contributed by atoms with Gasteiger partial charge in [-0.25, -0.2) is 0 Å². The van der Waals surface area contributed by atoms with Gasteiger partial charge in [0.1, 0.15) is 0 Å². The molecule has 0 heteroatoms. The van der Waals surface area contributed by atoms with E-state index in [9.17, 15) is 0 Å². The van der Waals surface area contributed by atoms with Crippen LogP contribution in [0.25, 0.3) is 0 Å². The maximum absolute atomic E-state index is 3.71. The summed E-state index contributed by atoms with van der Waals surface area (Å²) >= 11 is 0. The zero-order valence-electron chi connectivity index (χ0n) is 7.14. The minimum Gasteiger partial charge on any atom is -0.103 e. The quantitative estimate of drug-likeness (QED) is 0.510. The van der Waals surface area contributed by atoms with Crippen LogP contribution in [0.1, 0.15) is 33.1 Å². The average molecular weight is 138 g/mol. The van der Waals surface area contributed by atoms with Crippen LogP contribution >= 0.6 is 0 Å². The Balaban J connectivity index is 3.20. The third-order valence-electron chi connectivity index (χ3n) is 1.63. The van der Waals surface area contributed by atoms with Gasteiger partial charge >= 0.3 is 0 Å². The highest BCUT2D eigenvalue weighted by atomic mass is 14.0. The molecule has 1 unspecified atom stereocenters. The van der Waals surface area contributed by atoms with Crippen molar-refractivity contribution in [3.63, 3.8) is 0 Å². The summed E-state index contributed by atoms with van der Waals surface area (Å²) in [4.78, 5) is 0. The molecule has 0 fully saturated rings. The van der Waals surface area contributed by atoms with Crippen LogP contribution in [0.3, 0.4) is 0 Å². The Morgan fingerprint density at radius 2 is 2.20 bits per heavy atom. The van der Waals surface area contributed by atoms with Crippen molar-refractivity contribution in [3.05, 3.63) is 24.8 Å². The van der Waals surface area contributed by atoms with Crippen LogP contribution in [0.4, 0.5) is 0 Å². The van der Waals surface area contributed by atoms with Crippen molar-refractivity contribution in [2.24, 2.45) is 5.92 Å². The molecule has 0 aliphatic rings. The minimum atomic E-state index is 0.800. The molecule has 58 valence electrons. The third-order valence-corrected chi connectivity index (χ3v) is 1.63. The first-order valence-electron chi connectivity index (χ1n) is 4.03. The second-order valence-corrected chi connectivity index (χ2v) is 2.78. The zero-order valence-corrected chi connectivity index (χ0v) is 7.14. The van der Waals surface area contributed by atoms with E-state index < -0.39 is 0 Å². The summed E-state index contributed by atoms with van der Waals surface area (Å²) in [6, 6.07) is 0. The lowest BCUT2D eigenvalue weighted by Crippen LogP contribution is -1.90. The molecular weight excluding hydrogens is 120 g/mol. The van der Waals surface area contributed by atoms with Crippen LogP contribution in [-0.2, 0) is 0 Å². The van der Waals surface area contributed by atoms with Gasteiger partial charge in [0, 0.05) is 0 Å². The Morgan fingerprint density at radius 3 is 2.70 bits per heavy atom. The maximum Gasteiger partial charge on any atom is -0.0327 e. The molecule has 0 saturated heterocycles. The first-order valence-corrected chi connectivity index (χ1v) is 4.03. The van der Waals surface area contributed by atoms with E-state index in [1.54, 1.807) is 0 Å². The molecule has 0 amide bonds. The van der Waals surface area contributed by atoms with Crippen molar-refractivity contribution in [2.45, 2.75) is 33.1 Å². The van der Waals surface area contributed by atoms with Gasteiger partial charge in [0.05, 0.1) is 0 Å². The third kappa shape index (κ3) is 5.61. The summed E-state index contributed by atoms with van der Waals surface area (Å²) in [5.41, 5.74) is 0. The number of rotatable bonds is 5. The van der Waals surface area contributed by atoms with Crippen LogP contribution in [-0.4, -0.2) is 0 Å². The first-order chi connectivity index (χ1) is 4.81. The fraction of sp³-hybridized carbons (Fsp3) is 0.600. The molecule has 0 rings (SSSR count). The normalized spacial score (nSPS) is 13.8. The highest BCUT2D eigenvalue weighted by Crippen LogP contribution is 2.10. The highest BCUT2D eigenvalue weighted by molar-refractivity contribution is 4.79. The molecular formula is C10H18. The maximum atomic E-state index is 3.71. The zero-order chi connectivity index (χ0) is 7.82. The lowest BCUT2D eigenvalue weighted by atomic mass is 10.0. The molecule has 0 N–H and O–H groups in total. The van der Waals surface area contributed by atoms with E-state index in [2.05, 4.69) is 32.6 Å². The summed E-state index contributed by atoms with van der Waals surface area (Å²) in [5, 5.41) is 0. The Labute approximate surface area is 64.6 Å². The molecule has 0 heterocycles. The van der Waals surface area contributed by atoms with Gasteiger partial charge in [0.25, 0.3) is 0 Å². The molecule has 0 aromatic rings. The van der Waals surface area contributed by atoms with Crippen molar-refractivity contribution in [3.8, 4) is 0 Å². The molecule has 0 aliphatic heterocycles. The fourth-order valence-corrected chi connectivity index (χ4v) is 0.950. The van der Waals surface area contributed by atoms with Crippen molar-refractivity contribution >= 4 is 0 Å². The summed E-state index contributed by atoms with van der Waals surface area (Å²) in [6.07, 6.45) is 9.99. The van der Waals surface area contributed by atoms with Gasteiger partial charge in [-0.3, -0.25) is 0 Å². The van der Waals surface area contributed by atoms with Crippen LogP contribution in [0.2, 0.25) is 0 Å². The predicted molar refractivity (Wildman–Crippen MR) is 48.0 cm³/mol. The minimum absolute atomic E-state index is 0.800. The van der Waals surface area contributed by atoms with Crippen LogP contribution in [0, 0.1) is 5.92 Å². The Hall–Kier alpha value is -0.520. The first kappa shape index (κ1) is 9.48. The van der Waals surface area contributed by atoms with Crippen LogP contribution in [0.5, 0.6) is 0 Å². The molecule has 0 spiro atoms. The molecule has 10 heavy (non-hydrogen) atoms. The largest absolute Gasteiger partial charge is 0.103 e. The molecule has 0 bridgehead atoms. The Bertz CT molecular complexity index is 101. The molecule has 0 aromatic carbocycles. The second-order valence-electron chi connectivity index (χ2n) is 2.78. The number of hydrogen-bond donors (Lipinski definition) is 0. The molecule has 0 radical (unpaired) electrons. The predicted octanol–water partition coefficient (Wildman–Crippen LogP) is 3.55. The summed E-state index contributed by atoms with van der Waals surface area (Å²) < 4.78 is 0. The van der Waals surface area contributed by atoms with Crippen molar-refractivity contribution in [1.29, 1.82) is 0 Å². The van der Waals surface area contributed by atoms with E-state index in [4.69, 9.17) is 0 Å². The van der Waals surface area contributed by atoms with Gasteiger partial charge < -0.3 is 0 Å². The van der Waals surface area contributed by atoms with Crippen molar-refractivity contribution < 1.29 is 0 Å². The van der Waals surface area contributed by atoms with Gasteiger partial charge in [-0.15, -0.1) is 6.58 Å². The van der Waals surface area contributed by atoms with Crippen molar-refractivity contribution in [1.82, 2.24) is 0 Å². The van der Waals surface area contributed by atoms with Gasteiger partial charge in [-0.05, 0) is 32.1 Å². The van der Waals surface area contributed by atoms with Gasteiger partial charge in [0.15, 0.2) is 0 Å². The van der Waals surface area contributed by atoms with E-state index in [1.807, 2.05) is 6.08 Å². The smallest absolute Gasteiger partial charge is 0.0327 e. The average Bonchev–Trinajstić information content (AvgIpc) is 1.89. The second kappa shape index (κ2) is 6.60. The van der Waals surface area contributed by atoms with E-state index in [-0.39, 0.29) is 0 Å². The van der Waals surface area contributed by atoms with E-state index in [0.29, 0.717) is 0 Å². The van der Waals surface area contributed by atoms with Crippen LogP contribution < -0.4 is 0 Å². The van der Waals surface area contributed by atoms with Crippen molar-refractivity contribution in [2.75, 3.05) is 0 Å². The monoisotopic (exact) mass is 138 g/mol. The van der Waals surface area contributed by atoms with Gasteiger partial charge in [0.2, 0.25) is 0 Å². The molecule has 0 saturated carbocycles. The highest BCUT2D eigenvalue weighted by Gasteiger charge is 1.95. The van der Waals surface area contributed by atoms with Crippen LogP contribution in [0.15, 0.2) is 24.8 Å². The number of hydrogen-bond acceptors (Lipinski definition) is 0. The number of allylic oxidation sites excluding steroid dienone is 3. The lowest BCUT2D eigenvalue weighted by Gasteiger charge is -2.04. The van der Waals surface area contributed by atoms with Gasteiger partial charge in [-0.1, -0.05) is 25.2 Å². The van der Waals surface area contributed by atoms with Gasteiger partial charge in [-0.2, -0.15) is 0 Å². The molecule has 0 aliphatic carbocycles. The SMILES string of the molecule is C=CCC(C)CC/C=C/C. The topological polar surface area (TPSA) is 0 Å². The Morgan fingerprint density at radius 1 is 1.50 bits per heavy atom. The van der Waals surface area contributed by atoms with E-state index >= 15 is 0 Å².